The van der Waals surface area contributed by atoms with E-state index in [1.807, 2.05) is 48.5 Å². The number of pyridine rings is 2. The van der Waals surface area contributed by atoms with Crippen molar-refractivity contribution in [2.75, 3.05) is 44.2 Å². The highest BCUT2D eigenvalue weighted by atomic mass is 79.9. The molecule has 2 saturated heterocycles. The van der Waals surface area contributed by atoms with Crippen molar-refractivity contribution in [3.63, 3.8) is 0 Å². The summed E-state index contributed by atoms with van der Waals surface area (Å²) in [6, 6.07) is 6.42. The molecule has 1 N–H and O–H groups in total. The molecular weight excluding hydrogens is 680 g/mol. The van der Waals surface area contributed by atoms with Crippen LogP contribution in [0.5, 0.6) is 0 Å². The van der Waals surface area contributed by atoms with Crippen LogP contribution >= 0.6 is 15.9 Å². The molecule has 2 aromatic rings. The van der Waals surface area contributed by atoms with E-state index in [-0.39, 0.29) is 29.9 Å². The first-order valence-corrected chi connectivity index (χ1v) is 15.9. The first-order valence-electron chi connectivity index (χ1n) is 15.1. The summed E-state index contributed by atoms with van der Waals surface area (Å²) in [6.45, 7) is 19.3. The van der Waals surface area contributed by atoms with Crippen LogP contribution in [0.4, 0.5) is 26.9 Å². The third-order valence-electron chi connectivity index (χ3n) is 6.45. The van der Waals surface area contributed by atoms with Crippen molar-refractivity contribution in [2.45, 2.75) is 78.7 Å². The van der Waals surface area contributed by atoms with Crippen LogP contribution in [0, 0.1) is 20.2 Å². The van der Waals surface area contributed by atoms with Crippen LogP contribution in [0.25, 0.3) is 0 Å². The molecule has 2 aromatic heterocycles. The maximum absolute atomic E-state index is 12.1. The Morgan fingerprint density at radius 1 is 0.830 bits per heavy atom. The molecule has 0 aliphatic carbocycles. The lowest BCUT2D eigenvalue weighted by atomic mass is 10.1. The minimum absolute atomic E-state index is 0.0690. The molecule has 2 amide bonds. The predicted octanol–water partition coefficient (Wildman–Crippen LogP) is 5.40. The van der Waals surface area contributed by atoms with Gasteiger partial charge in [-0.15, -0.1) is 0 Å². The van der Waals surface area contributed by atoms with Crippen molar-refractivity contribution in [1.82, 2.24) is 25.1 Å². The second-order valence-electron chi connectivity index (χ2n) is 13.0. The lowest BCUT2D eigenvalue weighted by Crippen LogP contribution is -2.54. The SMILES string of the molecule is C[C@@H]1CN(C(=O)OC(C)(C)C)CCN1.C[C@@H]1CN(C(=O)OC(C)(C)C)CCN1c1ccc([N+](=O)[O-])nc1.O=[N+]([O-])c1ccc(Br)cn1. The van der Waals surface area contributed by atoms with Crippen LogP contribution in [0.1, 0.15) is 55.4 Å². The zero-order valence-corrected chi connectivity index (χ0v) is 29.7. The third kappa shape index (κ3) is 14.0. The summed E-state index contributed by atoms with van der Waals surface area (Å²) < 4.78 is 11.4. The fraction of sp³-hybridized carbons (Fsp3) is 0.600. The normalized spacial score (nSPS) is 18.1. The minimum Gasteiger partial charge on any atom is -0.444 e. The topological polar surface area (TPSA) is 186 Å². The Hall–Kier alpha value is -4.12. The highest BCUT2D eigenvalue weighted by Crippen LogP contribution is 2.23. The van der Waals surface area contributed by atoms with Gasteiger partial charge in [-0.25, -0.2) is 9.59 Å². The molecule has 47 heavy (non-hydrogen) atoms. The Morgan fingerprint density at radius 2 is 1.34 bits per heavy atom. The molecule has 2 fully saturated rings. The molecule has 2 aliphatic rings. The van der Waals surface area contributed by atoms with Gasteiger partial charge in [-0.2, -0.15) is 0 Å². The van der Waals surface area contributed by atoms with Gasteiger partial charge in [0, 0.05) is 63.5 Å². The van der Waals surface area contributed by atoms with Crippen LogP contribution in [-0.2, 0) is 9.47 Å². The monoisotopic (exact) mass is 724 g/mol. The average molecular weight is 726 g/mol. The summed E-state index contributed by atoms with van der Waals surface area (Å²) in [5.74, 6) is -0.308. The number of anilines is 1. The van der Waals surface area contributed by atoms with E-state index in [0.29, 0.717) is 25.7 Å². The Kier molecular flexibility index (Phi) is 14.3. The maximum atomic E-state index is 12.1. The molecule has 0 bridgehead atoms. The summed E-state index contributed by atoms with van der Waals surface area (Å²) in [5.41, 5.74) is -0.0998. The number of ether oxygens (including phenoxy) is 2. The van der Waals surface area contributed by atoms with Crippen LogP contribution in [0.2, 0.25) is 0 Å². The number of aromatic nitrogens is 2. The maximum Gasteiger partial charge on any atom is 0.410 e. The zero-order valence-electron chi connectivity index (χ0n) is 28.1. The highest BCUT2D eigenvalue weighted by molar-refractivity contribution is 9.10. The molecule has 0 saturated carbocycles. The Bertz CT molecular complexity index is 1350. The van der Waals surface area contributed by atoms with Gasteiger partial charge in [-0.05, 0) is 103 Å². The Labute approximate surface area is 283 Å². The molecule has 4 heterocycles. The number of rotatable bonds is 3. The van der Waals surface area contributed by atoms with Crippen molar-refractivity contribution in [2.24, 2.45) is 0 Å². The zero-order chi connectivity index (χ0) is 35.5. The molecule has 0 aromatic carbocycles. The number of nitrogens with zero attached hydrogens (tertiary/aromatic N) is 7. The van der Waals surface area contributed by atoms with E-state index >= 15 is 0 Å². The Morgan fingerprint density at radius 3 is 1.74 bits per heavy atom. The van der Waals surface area contributed by atoms with E-state index in [1.165, 1.54) is 24.5 Å². The predicted molar refractivity (Wildman–Crippen MR) is 179 cm³/mol. The number of carbonyl (C=O) groups is 2. The minimum atomic E-state index is -0.535. The summed E-state index contributed by atoms with van der Waals surface area (Å²) in [6.07, 6.45) is 2.37. The van der Waals surface area contributed by atoms with Gasteiger partial charge < -0.3 is 49.7 Å². The smallest absolute Gasteiger partial charge is 0.410 e. The fourth-order valence-electron chi connectivity index (χ4n) is 4.39. The highest BCUT2D eigenvalue weighted by Gasteiger charge is 2.30. The molecule has 0 unspecified atom stereocenters. The van der Waals surface area contributed by atoms with Crippen molar-refractivity contribution < 1.29 is 28.9 Å². The summed E-state index contributed by atoms with van der Waals surface area (Å²) >= 11 is 3.11. The van der Waals surface area contributed by atoms with E-state index in [2.05, 4.69) is 43.0 Å². The van der Waals surface area contributed by atoms with Gasteiger partial charge >= 0.3 is 23.8 Å². The molecular formula is C30H45BrN8O8. The van der Waals surface area contributed by atoms with Crippen LogP contribution in [0.15, 0.2) is 41.1 Å². The number of halogens is 1. The van der Waals surface area contributed by atoms with Gasteiger partial charge in [0.2, 0.25) is 0 Å². The van der Waals surface area contributed by atoms with Gasteiger partial charge in [0.15, 0.2) is 12.4 Å². The molecule has 4 rings (SSSR count). The molecule has 2 aliphatic heterocycles. The number of nitro groups is 2. The van der Waals surface area contributed by atoms with Gasteiger partial charge in [0.05, 0.1) is 10.2 Å². The second kappa shape index (κ2) is 17.2. The molecule has 0 radical (unpaired) electrons. The summed E-state index contributed by atoms with van der Waals surface area (Å²) in [7, 11) is 0. The van der Waals surface area contributed by atoms with E-state index in [9.17, 15) is 29.8 Å². The molecule has 16 nitrogen and oxygen atoms in total. The van der Waals surface area contributed by atoms with Crippen molar-refractivity contribution in [3.8, 4) is 0 Å². The molecule has 17 heteroatoms. The van der Waals surface area contributed by atoms with Gasteiger partial charge in [0.1, 0.15) is 11.2 Å². The first-order chi connectivity index (χ1) is 21.8. The lowest BCUT2D eigenvalue weighted by Gasteiger charge is -2.40. The number of hydrogen-bond donors (Lipinski definition) is 1. The number of piperazine rings is 2. The van der Waals surface area contributed by atoms with Crippen LogP contribution in [-0.4, -0.2) is 104 Å². The molecule has 0 spiro atoms. The number of hydrogen-bond acceptors (Lipinski definition) is 12. The first kappa shape index (κ1) is 39.1. The number of carbonyl (C=O) groups excluding carboxylic acids is 2. The molecule has 2 atom stereocenters. The van der Waals surface area contributed by atoms with E-state index < -0.39 is 21.0 Å². The van der Waals surface area contributed by atoms with Gasteiger partial charge in [-0.3, -0.25) is 0 Å². The van der Waals surface area contributed by atoms with Crippen LogP contribution < -0.4 is 10.2 Å². The fourth-order valence-corrected chi connectivity index (χ4v) is 4.62. The van der Waals surface area contributed by atoms with E-state index in [4.69, 9.17) is 9.47 Å². The number of nitrogens with one attached hydrogen (secondary N) is 1. The largest absolute Gasteiger partial charge is 0.444 e. The van der Waals surface area contributed by atoms with Crippen molar-refractivity contribution in [1.29, 1.82) is 0 Å². The average Bonchev–Trinajstić information content (AvgIpc) is 2.96. The van der Waals surface area contributed by atoms with Gasteiger partial charge in [0.25, 0.3) is 0 Å². The summed E-state index contributed by atoms with van der Waals surface area (Å²) in [5, 5.41) is 24.0. The Balaban J connectivity index is 0.000000271. The molecule has 260 valence electrons. The quantitative estimate of drug-likeness (QED) is 0.314. The van der Waals surface area contributed by atoms with Crippen molar-refractivity contribution in [3.05, 3.63) is 61.4 Å². The van der Waals surface area contributed by atoms with E-state index in [1.54, 1.807) is 21.9 Å². The third-order valence-corrected chi connectivity index (χ3v) is 6.92. The van der Waals surface area contributed by atoms with Crippen molar-refractivity contribution >= 4 is 45.4 Å². The number of amides is 2. The van der Waals surface area contributed by atoms with Gasteiger partial charge in [-0.1, -0.05) is 0 Å². The van der Waals surface area contributed by atoms with E-state index in [0.717, 1.165) is 29.8 Å². The van der Waals surface area contributed by atoms with Crippen LogP contribution in [0.3, 0.4) is 0 Å². The lowest BCUT2D eigenvalue weighted by molar-refractivity contribution is -0.389. The second-order valence-corrected chi connectivity index (χ2v) is 13.9. The summed E-state index contributed by atoms with van der Waals surface area (Å²) in [4.78, 5) is 56.3. The standard InChI is InChI=1S/C15H22N4O4.C10H20N2O2.C5H3BrN2O2/c1-11-10-17(14(20)23-15(2,3)4)7-8-18(11)12-5-6-13(16-9-12)19(21)22;1-8-7-12(6-5-11-8)9(13)14-10(2,3)4;6-4-1-2-5(7-3-4)8(9)10/h5-6,9,11H,7-8,10H2,1-4H3;8,11H,5-7H2,1-4H3;1-3H/t11-;8-;/m11./s1.